The molecular weight excluding hydrogens is 544 g/mol. The van der Waals surface area contributed by atoms with Crippen molar-refractivity contribution in [3.05, 3.63) is 93.3 Å². The molecule has 198 valence electrons. The minimum Gasteiger partial charge on any atom is -0.493 e. The summed E-state index contributed by atoms with van der Waals surface area (Å²) in [6, 6.07) is 19.3. The van der Waals surface area contributed by atoms with Gasteiger partial charge in [0.25, 0.3) is 15.9 Å². The second-order valence-electron chi connectivity index (χ2n) is 8.30. The number of aryl methyl sites for hydroxylation is 1. The molecule has 10 heteroatoms. The Morgan fingerprint density at radius 1 is 1.03 bits per heavy atom. The van der Waals surface area contributed by atoms with Crippen molar-refractivity contribution in [2.45, 2.75) is 31.8 Å². The lowest BCUT2D eigenvalue weighted by molar-refractivity contribution is -0.122. The lowest BCUT2D eigenvalue weighted by Gasteiger charge is -2.12. The number of hydrogen-bond acceptors (Lipinski definition) is 6. The Bertz CT molecular complexity index is 1500. The number of amides is 1. The van der Waals surface area contributed by atoms with Crippen molar-refractivity contribution in [3.8, 4) is 11.5 Å². The molecule has 7 nitrogen and oxygen atoms in total. The number of carbonyl (C=O) groups excluding carboxylic acids is 1. The smallest absolute Gasteiger partial charge is 0.284 e. The van der Waals surface area contributed by atoms with E-state index in [2.05, 4.69) is 4.40 Å². The zero-order valence-electron chi connectivity index (χ0n) is 21.2. The minimum absolute atomic E-state index is 0.0826. The van der Waals surface area contributed by atoms with Crippen molar-refractivity contribution in [1.29, 1.82) is 0 Å². The molecule has 1 aliphatic rings. The van der Waals surface area contributed by atoms with Crippen LogP contribution in [-0.2, 0) is 27.8 Å². The molecule has 1 saturated heterocycles. The summed E-state index contributed by atoms with van der Waals surface area (Å²) in [6.45, 7) is 4.28. The van der Waals surface area contributed by atoms with Crippen LogP contribution >= 0.6 is 23.4 Å². The molecule has 3 aromatic carbocycles. The monoisotopic (exact) mass is 570 g/mol. The molecule has 1 heterocycles. The van der Waals surface area contributed by atoms with E-state index >= 15 is 0 Å². The Kier molecular flexibility index (Phi) is 8.81. The van der Waals surface area contributed by atoms with Crippen LogP contribution in [0.1, 0.15) is 30.5 Å². The summed E-state index contributed by atoms with van der Waals surface area (Å²) in [5.74, 6) is 0.695. The molecule has 3 aromatic rings. The van der Waals surface area contributed by atoms with Gasteiger partial charge in [-0.05, 0) is 72.6 Å². The van der Waals surface area contributed by atoms with Gasteiger partial charge >= 0.3 is 0 Å². The number of sulfonamides is 1. The molecule has 1 aliphatic heterocycles. The van der Waals surface area contributed by atoms with Crippen LogP contribution in [0.15, 0.2) is 80.9 Å². The van der Waals surface area contributed by atoms with E-state index in [0.717, 1.165) is 29.3 Å². The molecule has 0 spiro atoms. The second kappa shape index (κ2) is 12.1. The van der Waals surface area contributed by atoms with Crippen molar-refractivity contribution >= 4 is 50.5 Å². The normalized spacial score (nSPS) is 15.9. The number of amidine groups is 1. The van der Waals surface area contributed by atoms with Gasteiger partial charge in [0.05, 0.1) is 16.9 Å². The number of rotatable bonds is 9. The molecule has 0 N–H and O–H groups in total. The van der Waals surface area contributed by atoms with Crippen LogP contribution in [0.2, 0.25) is 5.02 Å². The fraction of sp³-hybridized carbons (Fsp3) is 0.214. The Labute approximate surface area is 232 Å². The third-order valence-electron chi connectivity index (χ3n) is 5.86. The van der Waals surface area contributed by atoms with Crippen LogP contribution in [0, 0.1) is 0 Å². The van der Waals surface area contributed by atoms with Crippen LogP contribution in [-0.4, -0.2) is 38.0 Å². The van der Waals surface area contributed by atoms with Gasteiger partial charge in [-0.25, -0.2) is 0 Å². The zero-order valence-corrected chi connectivity index (χ0v) is 23.6. The maximum absolute atomic E-state index is 13.1. The number of thioether (sulfide) groups is 1. The molecule has 0 atom stereocenters. The lowest BCUT2D eigenvalue weighted by atomic mass is 10.1. The fourth-order valence-electron chi connectivity index (χ4n) is 3.73. The molecular formula is C28H27ClN2O5S2. The van der Waals surface area contributed by atoms with Gasteiger partial charge < -0.3 is 9.47 Å². The first-order chi connectivity index (χ1) is 18.2. The van der Waals surface area contributed by atoms with E-state index in [1.54, 1.807) is 56.5 Å². The van der Waals surface area contributed by atoms with Gasteiger partial charge in [-0.3, -0.25) is 9.69 Å². The first kappa shape index (κ1) is 27.8. The summed E-state index contributed by atoms with van der Waals surface area (Å²) in [4.78, 5) is 14.9. The van der Waals surface area contributed by atoms with Crippen LogP contribution in [0.5, 0.6) is 11.5 Å². The fourth-order valence-corrected chi connectivity index (χ4v) is 6.16. The Hall–Kier alpha value is -3.27. The number of halogens is 1. The molecule has 0 unspecified atom stereocenters. The van der Waals surface area contributed by atoms with Crippen molar-refractivity contribution in [2.75, 3.05) is 13.7 Å². The van der Waals surface area contributed by atoms with Crippen LogP contribution in [0.3, 0.4) is 0 Å². The molecule has 0 aromatic heterocycles. The average Bonchev–Trinajstić information content (AvgIpc) is 3.20. The SMILES string of the molecule is CCc1ccc(S(=O)(=O)/N=C2/S/C(=C\c3ccc(OC)c(OCc4ccccc4Cl)c3)C(=O)N2CC)cc1. The van der Waals surface area contributed by atoms with E-state index in [-0.39, 0.29) is 29.1 Å². The van der Waals surface area contributed by atoms with Crippen LogP contribution in [0.25, 0.3) is 6.08 Å². The van der Waals surface area contributed by atoms with Gasteiger partial charge in [-0.15, -0.1) is 4.40 Å². The van der Waals surface area contributed by atoms with Crippen LogP contribution in [0.4, 0.5) is 0 Å². The Balaban J connectivity index is 1.60. The van der Waals surface area contributed by atoms with Gasteiger partial charge in [0.15, 0.2) is 16.7 Å². The van der Waals surface area contributed by atoms with E-state index < -0.39 is 10.0 Å². The van der Waals surface area contributed by atoms with Crippen molar-refractivity contribution < 1.29 is 22.7 Å². The van der Waals surface area contributed by atoms with Crippen LogP contribution < -0.4 is 9.47 Å². The summed E-state index contributed by atoms with van der Waals surface area (Å²) >= 11 is 7.27. The standard InChI is InChI=1S/C28H27ClN2O5S2/c1-4-19-10-13-22(14-11-19)38(33,34)30-28-31(5-2)27(32)26(37-28)17-20-12-15-24(35-3)25(16-20)36-18-21-8-6-7-9-23(21)29/h6-17H,4-5,18H2,1-3H3/b26-17-,30-28+. The van der Waals surface area contributed by atoms with Crippen molar-refractivity contribution in [1.82, 2.24) is 4.90 Å². The largest absolute Gasteiger partial charge is 0.493 e. The second-order valence-corrected chi connectivity index (χ2v) is 11.3. The number of benzene rings is 3. The number of ether oxygens (including phenoxy) is 2. The van der Waals surface area contributed by atoms with E-state index in [4.69, 9.17) is 21.1 Å². The molecule has 4 rings (SSSR count). The highest BCUT2D eigenvalue weighted by molar-refractivity contribution is 8.19. The molecule has 38 heavy (non-hydrogen) atoms. The van der Waals surface area contributed by atoms with Crippen molar-refractivity contribution in [2.24, 2.45) is 4.40 Å². The quantitative estimate of drug-likeness (QED) is 0.286. The molecule has 1 fully saturated rings. The third kappa shape index (κ3) is 6.23. The number of methoxy groups -OCH3 is 1. The summed E-state index contributed by atoms with van der Waals surface area (Å²) in [5, 5.41) is 0.715. The third-order valence-corrected chi connectivity index (χ3v) is 8.63. The van der Waals surface area contributed by atoms with Gasteiger partial charge in [-0.1, -0.05) is 54.9 Å². The number of carbonyl (C=O) groups is 1. The first-order valence-electron chi connectivity index (χ1n) is 11.9. The van der Waals surface area contributed by atoms with Crippen molar-refractivity contribution in [3.63, 3.8) is 0 Å². The predicted molar refractivity (Wildman–Crippen MR) is 152 cm³/mol. The van der Waals surface area contributed by atoms with Gasteiger partial charge in [-0.2, -0.15) is 8.42 Å². The van der Waals surface area contributed by atoms with E-state index in [1.165, 1.54) is 17.0 Å². The van der Waals surface area contributed by atoms with E-state index in [0.29, 0.717) is 27.0 Å². The molecule has 1 amide bonds. The minimum atomic E-state index is -3.99. The summed E-state index contributed by atoms with van der Waals surface area (Å²) in [7, 11) is -2.44. The highest BCUT2D eigenvalue weighted by Gasteiger charge is 2.34. The zero-order chi connectivity index (χ0) is 27.3. The highest BCUT2D eigenvalue weighted by atomic mass is 35.5. The summed E-state index contributed by atoms with van der Waals surface area (Å²) < 4.78 is 41.3. The summed E-state index contributed by atoms with van der Waals surface area (Å²) in [6.07, 6.45) is 2.48. The van der Waals surface area contributed by atoms with Gasteiger partial charge in [0.2, 0.25) is 0 Å². The number of nitrogens with zero attached hydrogens (tertiary/aromatic N) is 2. The topological polar surface area (TPSA) is 85.3 Å². The van der Waals surface area contributed by atoms with E-state index in [9.17, 15) is 13.2 Å². The molecule has 0 saturated carbocycles. The predicted octanol–water partition coefficient (Wildman–Crippen LogP) is 6.17. The molecule has 0 aliphatic carbocycles. The van der Waals surface area contributed by atoms with Gasteiger partial charge in [0.1, 0.15) is 6.61 Å². The number of hydrogen-bond donors (Lipinski definition) is 0. The van der Waals surface area contributed by atoms with E-state index in [1.807, 2.05) is 25.1 Å². The highest BCUT2D eigenvalue weighted by Crippen LogP contribution is 2.36. The molecule has 0 radical (unpaired) electrons. The molecule has 0 bridgehead atoms. The van der Waals surface area contributed by atoms with Gasteiger partial charge in [0, 0.05) is 17.1 Å². The lowest BCUT2D eigenvalue weighted by Crippen LogP contribution is -2.29. The maximum Gasteiger partial charge on any atom is 0.284 e. The first-order valence-corrected chi connectivity index (χ1v) is 14.6. The Morgan fingerprint density at radius 2 is 1.76 bits per heavy atom. The Morgan fingerprint density at radius 3 is 2.42 bits per heavy atom. The average molecular weight is 571 g/mol. The maximum atomic E-state index is 13.1. The number of likely N-dealkylation sites (N-methyl/N-ethyl adjacent to an activating group) is 1. The summed E-state index contributed by atoms with van der Waals surface area (Å²) in [5.41, 5.74) is 2.54.